The summed E-state index contributed by atoms with van der Waals surface area (Å²) in [5.74, 6) is -0.227. The molecule has 0 aromatic heterocycles. The van der Waals surface area contributed by atoms with E-state index in [1.54, 1.807) is 12.2 Å². The zero-order chi connectivity index (χ0) is 18.9. The molecule has 0 aromatic carbocycles. The predicted molar refractivity (Wildman–Crippen MR) is 96.2 cm³/mol. The Balaban J connectivity index is 0.00000140. The van der Waals surface area contributed by atoms with Crippen LogP contribution in [0.15, 0.2) is 23.8 Å². The number of aliphatic hydroxyl groups excluding tert-OH is 2. The normalized spacial score (nSPS) is 48.0. The van der Waals surface area contributed by atoms with Gasteiger partial charge in [0.25, 0.3) is 0 Å². The molecule has 3 N–H and O–H groups in total. The minimum Gasteiger partial charge on any atom is -1.00 e. The van der Waals surface area contributed by atoms with Crippen LogP contribution in [0.2, 0.25) is 0 Å². The molecule has 4 aliphatic carbocycles. The van der Waals surface area contributed by atoms with Crippen LogP contribution in [0.5, 0.6) is 0 Å². The quantitative estimate of drug-likeness (QED) is 0.513. The van der Waals surface area contributed by atoms with Gasteiger partial charge in [0.05, 0.1) is 6.10 Å². The minimum absolute atomic E-state index is 0. The second-order valence-electron chi connectivity index (χ2n) is 9.19. The van der Waals surface area contributed by atoms with Gasteiger partial charge in [-0.1, -0.05) is 25.5 Å². The maximum atomic E-state index is 12.4. The van der Waals surface area contributed by atoms with Crippen molar-refractivity contribution in [3.8, 4) is 0 Å². The van der Waals surface area contributed by atoms with Gasteiger partial charge in [0.1, 0.15) is 12.2 Å². The molecule has 0 heterocycles. The molecule has 5 nitrogen and oxygen atoms in total. The number of carbonyl (C=O) groups excluding carboxylic acids is 2. The van der Waals surface area contributed by atoms with Crippen molar-refractivity contribution in [2.24, 2.45) is 28.6 Å². The maximum Gasteiger partial charge on any atom is 1.00 e. The first-order valence-corrected chi connectivity index (χ1v) is 9.66. The second kappa shape index (κ2) is 6.89. The molecule has 4 rings (SSSR count). The molecule has 0 unspecified atom stereocenters. The fraction of sp³-hybridized carbons (Fsp3) is 0.714. The third-order valence-electron chi connectivity index (χ3n) is 8.25. The zero-order valence-corrected chi connectivity index (χ0v) is 18.4. The number of Topliss-reactive ketones (excluding diaryl/α,β-unsaturated/α-hetero) is 1. The van der Waals surface area contributed by atoms with Crippen molar-refractivity contribution in [2.75, 3.05) is 6.61 Å². The van der Waals surface area contributed by atoms with E-state index < -0.39 is 29.5 Å². The van der Waals surface area contributed by atoms with Gasteiger partial charge < -0.3 is 16.7 Å². The molecular formula is C21H29NaO5. The van der Waals surface area contributed by atoms with Gasteiger partial charge in [-0.3, -0.25) is 9.59 Å². The summed E-state index contributed by atoms with van der Waals surface area (Å²) in [7, 11) is 0. The Labute approximate surface area is 183 Å². The summed E-state index contributed by atoms with van der Waals surface area (Å²) in [4.78, 5) is 24.2. The molecule has 0 amide bonds. The van der Waals surface area contributed by atoms with E-state index in [0.29, 0.717) is 12.8 Å². The fourth-order valence-electron chi connectivity index (χ4n) is 6.92. The number of hydrogen-bond acceptors (Lipinski definition) is 5. The SMILES string of the molecule is C[C@]12C=CC(=O)C=C1CC[C@@H]1[C@@H]2[C@@H](O)C[C@@]2(C)[C@H]1CC[C@]2(O)C(=O)CO.[H-].[Na+]. The van der Waals surface area contributed by atoms with Crippen LogP contribution in [-0.4, -0.2) is 45.2 Å². The molecule has 144 valence electrons. The molecule has 27 heavy (non-hydrogen) atoms. The van der Waals surface area contributed by atoms with Gasteiger partial charge in [-0.15, -0.1) is 0 Å². The van der Waals surface area contributed by atoms with Gasteiger partial charge in [-0.25, -0.2) is 0 Å². The summed E-state index contributed by atoms with van der Waals surface area (Å²) >= 11 is 0. The fourth-order valence-corrected chi connectivity index (χ4v) is 6.92. The van der Waals surface area contributed by atoms with Crippen molar-refractivity contribution in [3.05, 3.63) is 23.8 Å². The zero-order valence-electron chi connectivity index (χ0n) is 17.4. The number of carbonyl (C=O) groups is 2. The van der Waals surface area contributed by atoms with Crippen molar-refractivity contribution >= 4 is 11.6 Å². The third kappa shape index (κ3) is 2.73. The van der Waals surface area contributed by atoms with Crippen molar-refractivity contribution in [1.82, 2.24) is 0 Å². The molecule has 3 saturated carbocycles. The summed E-state index contributed by atoms with van der Waals surface area (Å²) in [6.07, 6.45) is 7.68. The Hall–Kier alpha value is -0.300. The van der Waals surface area contributed by atoms with Gasteiger partial charge in [0.15, 0.2) is 11.6 Å². The number of hydrogen-bond donors (Lipinski definition) is 3. The van der Waals surface area contributed by atoms with Crippen LogP contribution < -0.4 is 29.6 Å². The molecular weight excluding hydrogens is 355 g/mol. The van der Waals surface area contributed by atoms with E-state index in [9.17, 15) is 24.9 Å². The third-order valence-corrected chi connectivity index (χ3v) is 8.25. The van der Waals surface area contributed by atoms with Crippen LogP contribution in [0.3, 0.4) is 0 Å². The molecule has 0 radical (unpaired) electrons. The molecule has 4 aliphatic rings. The summed E-state index contributed by atoms with van der Waals surface area (Å²) in [6.45, 7) is 3.34. The number of fused-ring (bicyclic) bond motifs is 5. The molecule has 0 aromatic rings. The molecule has 7 atom stereocenters. The smallest absolute Gasteiger partial charge is 1.00 e. The van der Waals surface area contributed by atoms with Crippen LogP contribution in [0.1, 0.15) is 47.4 Å². The summed E-state index contributed by atoms with van der Waals surface area (Å²) in [5.41, 5.74) is -1.54. The average Bonchev–Trinajstić information content (AvgIpc) is 2.86. The Kier molecular flexibility index (Phi) is 5.46. The van der Waals surface area contributed by atoms with Crippen molar-refractivity contribution in [1.29, 1.82) is 0 Å². The largest absolute Gasteiger partial charge is 1.00 e. The van der Waals surface area contributed by atoms with Crippen LogP contribution in [0.4, 0.5) is 0 Å². The van der Waals surface area contributed by atoms with Crippen LogP contribution >= 0.6 is 0 Å². The number of aliphatic hydroxyl groups is 3. The van der Waals surface area contributed by atoms with E-state index in [1.165, 1.54) is 0 Å². The van der Waals surface area contributed by atoms with E-state index in [4.69, 9.17) is 0 Å². The topological polar surface area (TPSA) is 94.8 Å². The second-order valence-corrected chi connectivity index (χ2v) is 9.19. The minimum atomic E-state index is -1.56. The Morgan fingerprint density at radius 1 is 1.33 bits per heavy atom. The van der Waals surface area contributed by atoms with E-state index in [2.05, 4.69) is 6.92 Å². The van der Waals surface area contributed by atoms with E-state index >= 15 is 0 Å². The molecule has 0 saturated heterocycles. The Bertz CT molecular complexity index is 736. The van der Waals surface area contributed by atoms with E-state index in [1.807, 2.05) is 13.0 Å². The molecule has 0 bridgehead atoms. The van der Waals surface area contributed by atoms with Gasteiger partial charge in [0.2, 0.25) is 0 Å². The molecule has 6 heteroatoms. The Morgan fingerprint density at radius 2 is 2.04 bits per heavy atom. The monoisotopic (exact) mass is 384 g/mol. The van der Waals surface area contributed by atoms with Gasteiger partial charge in [0, 0.05) is 16.7 Å². The molecule has 0 aliphatic heterocycles. The number of allylic oxidation sites excluding steroid dienone is 4. The first kappa shape index (κ1) is 21.4. The van der Waals surface area contributed by atoms with E-state index in [-0.39, 0.29) is 59.9 Å². The number of ketones is 2. The standard InChI is InChI=1S/C21H28O5.Na.H/c1-19-7-5-13(23)9-12(19)3-4-14-15-6-8-21(26,17(25)11-22)20(15,2)10-16(24)18(14)19;;/h5,7,9,14-16,18,22,24,26H,3-4,6,8,10-11H2,1-2H3;;/q;+1;-1/t14-,15-,16-,18+,19-,20-,21-;;/m0../s1. The van der Waals surface area contributed by atoms with Crippen molar-refractivity contribution in [3.63, 3.8) is 0 Å². The van der Waals surface area contributed by atoms with E-state index in [0.717, 1.165) is 24.8 Å². The maximum absolute atomic E-state index is 12.4. The van der Waals surface area contributed by atoms with Crippen LogP contribution in [0.25, 0.3) is 0 Å². The first-order valence-electron chi connectivity index (χ1n) is 9.66. The van der Waals surface area contributed by atoms with Crippen molar-refractivity contribution in [2.45, 2.75) is 57.7 Å². The molecule has 0 spiro atoms. The van der Waals surface area contributed by atoms with Crippen LogP contribution in [0, 0.1) is 28.6 Å². The van der Waals surface area contributed by atoms with Gasteiger partial charge in [-0.2, -0.15) is 0 Å². The average molecular weight is 384 g/mol. The van der Waals surface area contributed by atoms with Crippen molar-refractivity contribution < 1.29 is 55.9 Å². The van der Waals surface area contributed by atoms with Gasteiger partial charge in [-0.05, 0) is 56.1 Å². The summed E-state index contributed by atoms with van der Waals surface area (Å²) in [6, 6.07) is 0. The summed E-state index contributed by atoms with van der Waals surface area (Å²) < 4.78 is 0. The molecule has 3 fully saturated rings. The Morgan fingerprint density at radius 3 is 2.70 bits per heavy atom. The summed E-state index contributed by atoms with van der Waals surface area (Å²) in [5, 5.41) is 31.7. The predicted octanol–water partition coefficient (Wildman–Crippen LogP) is -1.33. The number of rotatable bonds is 2. The van der Waals surface area contributed by atoms with Gasteiger partial charge >= 0.3 is 29.6 Å². The van der Waals surface area contributed by atoms with Crippen LogP contribution in [-0.2, 0) is 9.59 Å². The first-order chi connectivity index (χ1) is 12.2.